The second-order valence-corrected chi connectivity index (χ2v) is 4.17. The molecule has 5 nitrogen and oxygen atoms in total. The Bertz CT molecular complexity index is 560. The van der Waals surface area contributed by atoms with Gasteiger partial charge in [0, 0.05) is 17.3 Å². The van der Waals surface area contributed by atoms with E-state index < -0.39 is 0 Å². The summed E-state index contributed by atoms with van der Waals surface area (Å²) in [6, 6.07) is 11.3. The van der Waals surface area contributed by atoms with Crippen LogP contribution in [-0.2, 0) is 0 Å². The van der Waals surface area contributed by atoms with Gasteiger partial charge in [0.25, 0.3) is 0 Å². The van der Waals surface area contributed by atoms with Crippen molar-refractivity contribution in [3.05, 3.63) is 53.7 Å². The third kappa shape index (κ3) is 2.89. The van der Waals surface area contributed by atoms with E-state index in [1.54, 1.807) is 13.3 Å². The Morgan fingerprint density at radius 3 is 2.65 bits per heavy atom. The van der Waals surface area contributed by atoms with Crippen molar-refractivity contribution in [2.45, 2.75) is 13.0 Å². The van der Waals surface area contributed by atoms with Gasteiger partial charge in [-0.25, -0.2) is 10.4 Å². The zero-order chi connectivity index (χ0) is 14.4. The number of aromatic nitrogens is 1. The van der Waals surface area contributed by atoms with E-state index in [0.29, 0.717) is 12.5 Å². The molecule has 1 atom stereocenters. The molecule has 0 saturated carbocycles. The quantitative estimate of drug-likeness (QED) is 0.622. The van der Waals surface area contributed by atoms with Crippen molar-refractivity contribution in [2.24, 2.45) is 5.84 Å². The number of ether oxygens (including phenoxy) is 2. The van der Waals surface area contributed by atoms with Crippen LogP contribution in [0, 0.1) is 0 Å². The number of pyridine rings is 1. The first-order valence-corrected chi connectivity index (χ1v) is 6.48. The molecule has 0 aliphatic heterocycles. The van der Waals surface area contributed by atoms with Crippen LogP contribution in [-0.4, -0.2) is 18.7 Å². The van der Waals surface area contributed by atoms with Gasteiger partial charge in [-0.1, -0.05) is 24.3 Å². The van der Waals surface area contributed by atoms with Crippen molar-refractivity contribution < 1.29 is 9.47 Å². The lowest BCUT2D eigenvalue weighted by Crippen LogP contribution is -2.29. The van der Waals surface area contributed by atoms with Crippen LogP contribution >= 0.6 is 0 Å². The van der Waals surface area contributed by atoms with Gasteiger partial charge >= 0.3 is 0 Å². The zero-order valence-electron chi connectivity index (χ0n) is 11.7. The monoisotopic (exact) mass is 273 g/mol. The summed E-state index contributed by atoms with van der Waals surface area (Å²) in [5.41, 5.74) is 4.62. The molecule has 2 rings (SSSR count). The molecular formula is C15H19N3O2. The summed E-state index contributed by atoms with van der Waals surface area (Å²) >= 11 is 0. The molecule has 0 spiro atoms. The van der Waals surface area contributed by atoms with Crippen molar-refractivity contribution >= 4 is 0 Å². The van der Waals surface area contributed by atoms with E-state index in [0.717, 1.165) is 16.9 Å². The van der Waals surface area contributed by atoms with E-state index in [1.165, 1.54) is 0 Å². The topological polar surface area (TPSA) is 69.4 Å². The number of hydrogen-bond donors (Lipinski definition) is 2. The van der Waals surface area contributed by atoms with Gasteiger partial charge in [0.05, 0.1) is 19.8 Å². The fraction of sp³-hybridized carbons (Fsp3) is 0.267. The van der Waals surface area contributed by atoms with E-state index in [9.17, 15) is 0 Å². The predicted octanol–water partition coefficient (Wildman–Crippen LogP) is 2.04. The highest BCUT2D eigenvalue weighted by Crippen LogP contribution is 2.33. The molecule has 5 heteroatoms. The third-order valence-corrected chi connectivity index (χ3v) is 3.00. The SMILES string of the molecule is CCOc1ccccc1C(NN)c1cccnc1OC. The van der Waals surface area contributed by atoms with Crippen LogP contribution in [0.2, 0.25) is 0 Å². The van der Waals surface area contributed by atoms with Gasteiger partial charge in [-0.3, -0.25) is 5.84 Å². The van der Waals surface area contributed by atoms with Crippen molar-refractivity contribution in [1.29, 1.82) is 0 Å². The largest absolute Gasteiger partial charge is 0.494 e. The van der Waals surface area contributed by atoms with Gasteiger partial charge < -0.3 is 9.47 Å². The van der Waals surface area contributed by atoms with Crippen LogP contribution in [0.4, 0.5) is 0 Å². The van der Waals surface area contributed by atoms with E-state index in [1.807, 2.05) is 43.3 Å². The minimum absolute atomic E-state index is 0.249. The molecule has 3 N–H and O–H groups in total. The summed E-state index contributed by atoms with van der Waals surface area (Å²) in [4.78, 5) is 4.21. The second kappa shape index (κ2) is 6.88. The second-order valence-electron chi connectivity index (χ2n) is 4.17. The van der Waals surface area contributed by atoms with Gasteiger partial charge in [0.2, 0.25) is 5.88 Å². The smallest absolute Gasteiger partial charge is 0.218 e. The molecule has 1 unspecified atom stereocenters. The Kier molecular flexibility index (Phi) is 4.92. The van der Waals surface area contributed by atoms with Crippen LogP contribution in [0.15, 0.2) is 42.6 Å². The molecule has 0 fully saturated rings. The number of nitrogens with two attached hydrogens (primary N) is 1. The normalized spacial score (nSPS) is 11.9. The Hall–Kier alpha value is -2.11. The first kappa shape index (κ1) is 14.3. The summed E-state index contributed by atoms with van der Waals surface area (Å²) in [6.45, 7) is 2.55. The van der Waals surface area contributed by atoms with Crippen LogP contribution in [0.5, 0.6) is 11.6 Å². The average molecular weight is 273 g/mol. The molecule has 0 saturated heterocycles. The average Bonchev–Trinajstić information content (AvgIpc) is 2.50. The summed E-state index contributed by atoms with van der Waals surface area (Å²) in [5.74, 6) is 7.08. The number of rotatable bonds is 6. The molecule has 0 amide bonds. The molecule has 2 aromatic rings. The number of nitrogens with zero attached hydrogens (tertiary/aromatic N) is 1. The summed E-state index contributed by atoms with van der Waals surface area (Å²) in [5, 5.41) is 0. The van der Waals surface area contributed by atoms with Crippen molar-refractivity contribution in [3.63, 3.8) is 0 Å². The Labute approximate surface area is 118 Å². The molecular weight excluding hydrogens is 254 g/mol. The molecule has 1 heterocycles. The minimum atomic E-state index is -0.249. The summed E-state index contributed by atoms with van der Waals surface area (Å²) in [6.07, 6.45) is 1.68. The minimum Gasteiger partial charge on any atom is -0.494 e. The number of benzene rings is 1. The van der Waals surface area contributed by atoms with E-state index in [4.69, 9.17) is 15.3 Å². The maximum Gasteiger partial charge on any atom is 0.218 e. The van der Waals surface area contributed by atoms with Crippen molar-refractivity contribution in [2.75, 3.05) is 13.7 Å². The number of methoxy groups -OCH3 is 1. The molecule has 0 bridgehead atoms. The molecule has 20 heavy (non-hydrogen) atoms. The molecule has 106 valence electrons. The van der Waals surface area contributed by atoms with E-state index in [-0.39, 0.29) is 6.04 Å². The maximum absolute atomic E-state index is 5.74. The van der Waals surface area contributed by atoms with E-state index in [2.05, 4.69) is 10.4 Å². The lowest BCUT2D eigenvalue weighted by molar-refractivity contribution is 0.332. The highest BCUT2D eigenvalue weighted by molar-refractivity contribution is 5.44. The van der Waals surface area contributed by atoms with Crippen LogP contribution in [0.25, 0.3) is 0 Å². The molecule has 0 aliphatic carbocycles. The lowest BCUT2D eigenvalue weighted by atomic mass is 9.99. The van der Waals surface area contributed by atoms with Crippen molar-refractivity contribution in [3.8, 4) is 11.6 Å². The number of para-hydroxylation sites is 1. The third-order valence-electron chi connectivity index (χ3n) is 3.00. The summed E-state index contributed by atoms with van der Waals surface area (Å²) < 4.78 is 11.0. The molecule has 0 radical (unpaired) electrons. The van der Waals surface area contributed by atoms with Crippen LogP contribution in [0.1, 0.15) is 24.1 Å². The number of nitrogens with one attached hydrogen (secondary N) is 1. The zero-order valence-corrected chi connectivity index (χ0v) is 11.7. The lowest BCUT2D eigenvalue weighted by Gasteiger charge is -2.21. The fourth-order valence-corrected chi connectivity index (χ4v) is 2.15. The predicted molar refractivity (Wildman–Crippen MR) is 77.6 cm³/mol. The number of hydrazine groups is 1. The van der Waals surface area contributed by atoms with Gasteiger partial charge in [-0.05, 0) is 19.1 Å². The Morgan fingerprint density at radius 1 is 1.20 bits per heavy atom. The van der Waals surface area contributed by atoms with Crippen LogP contribution in [0.3, 0.4) is 0 Å². The van der Waals surface area contributed by atoms with Crippen molar-refractivity contribution in [1.82, 2.24) is 10.4 Å². The highest BCUT2D eigenvalue weighted by atomic mass is 16.5. The number of hydrogen-bond acceptors (Lipinski definition) is 5. The summed E-state index contributed by atoms with van der Waals surface area (Å²) in [7, 11) is 1.59. The van der Waals surface area contributed by atoms with Crippen LogP contribution < -0.4 is 20.7 Å². The molecule has 1 aromatic heterocycles. The maximum atomic E-state index is 5.74. The Balaban J connectivity index is 2.47. The van der Waals surface area contributed by atoms with Gasteiger partial charge in [0.15, 0.2) is 0 Å². The Morgan fingerprint density at radius 2 is 1.95 bits per heavy atom. The van der Waals surface area contributed by atoms with Gasteiger partial charge in [-0.15, -0.1) is 0 Å². The molecule has 0 aliphatic rings. The fourth-order valence-electron chi connectivity index (χ4n) is 2.15. The van der Waals surface area contributed by atoms with Gasteiger partial charge in [-0.2, -0.15) is 0 Å². The highest BCUT2D eigenvalue weighted by Gasteiger charge is 2.20. The first-order chi connectivity index (χ1) is 9.81. The first-order valence-electron chi connectivity index (χ1n) is 6.48. The van der Waals surface area contributed by atoms with Gasteiger partial charge in [0.1, 0.15) is 5.75 Å². The standard InChI is InChI=1S/C15H19N3O2/c1-3-20-13-9-5-4-7-11(13)14(18-16)12-8-6-10-17-15(12)19-2/h4-10,14,18H,3,16H2,1-2H3. The van der Waals surface area contributed by atoms with E-state index >= 15 is 0 Å². The molecule has 1 aromatic carbocycles.